The summed E-state index contributed by atoms with van der Waals surface area (Å²) in [5.74, 6) is 1.52. The third-order valence-electron chi connectivity index (χ3n) is 3.38. The van der Waals surface area contributed by atoms with Crippen LogP contribution in [0.4, 0.5) is 0 Å². The van der Waals surface area contributed by atoms with Crippen molar-refractivity contribution in [3.05, 3.63) is 35.9 Å². The normalized spacial score (nSPS) is 10.8. The molecule has 0 saturated heterocycles. The van der Waals surface area contributed by atoms with E-state index in [1.54, 1.807) is 0 Å². The van der Waals surface area contributed by atoms with Crippen LogP contribution in [0.2, 0.25) is 0 Å². The first-order valence-corrected chi connectivity index (χ1v) is 8.51. The molecule has 0 bridgehead atoms. The van der Waals surface area contributed by atoms with Crippen molar-refractivity contribution in [3.63, 3.8) is 0 Å². The Hall–Kier alpha value is -1.48. The summed E-state index contributed by atoms with van der Waals surface area (Å²) in [6.45, 7) is 5.80. The standard InChI is InChI=1S/C18H22O2S/c1-4-6-9-14-12-17(21-5-2)15-10-7-8-11-16(15)18(14)20-13(3)19/h7-8,10-12H,4-6,9H2,1-3H3. The summed E-state index contributed by atoms with van der Waals surface area (Å²) in [7, 11) is 0. The molecule has 21 heavy (non-hydrogen) atoms. The molecule has 0 aliphatic heterocycles. The molecule has 0 fully saturated rings. The van der Waals surface area contributed by atoms with Crippen LogP contribution < -0.4 is 4.74 Å². The predicted molar refractivity (Wildman–Crippen MR) is 90.3 cm³/mol. The highest BCUT2D eigenvalue weighted by molar-refractivity contribution is 7.99. The van der Waals surface area contributed by atoms with E-state index >= 15 is 0 Å². The Morgan fingerprint density at radius 2 is 1.90 bits per heavy atom. The van der Waals surface area contributed by atoms with Crippen LogP contribution in [0, 0.1) is 0 Å². The molecule has 0 atom stereocenters. The smallest absolute Gasteiger partial charge is 0.308 e. The molecule has 0 aromatic heterocycles. The summed E-state index contributed by atoms with van der Waals surface area (Å²) in [5.41, 5.74) is 1.14. The highest BCUT2D eigenvalue weighted by atomic mass is 32.2. The Bertz CT molecular complexity index is 634. The van der Waals surface area contributed by atoms with E-state index < -0.39 is 0 Å². The van der Waals surface area contributed by atoms with E-state index in [0.29, 0.717) is 0 Å². The van der Waals surface area contributed by atoms with Crippen molar-refractivity contribution in [2.24, 2.45) is 0 Å². The van der Waals surface area contributed by atoms with Crippen molar-refractivity contribution in [1.82, 2.24) is 0 Å². The van der Waals surface area contributed by atoms with Gasteiger partial charge < -0.3 is 4.74 Å². The van der Waals surface area contributed by atoms with Gasteiger partial charge in [0.05, 0.1) is 0 Å². The van der Waals surface area contributed by atoms with Crippen LogP contribution in [0.15, 0.2) is 35.2 Å². The number of thioether (sulfide) groups is 1. The molecule has 0 amide bonds. The maximum atomic E-state index is 11.5. The fourth-order valence-corrected chi connectivity index (χ4v) is 3.33. The average Bonchev–Trinajstić information content (AvgIpc) is 2.48. The lowest BCUT2D eigenvalue weighted by molar-refractivity contribution is -0.131. The Morgan fingerprint density at radius 3 is 2.52 bits per heavy atom. The van der Waals surface area contributed by atoms with Crippen molar-refractivity contribution >= 4 is 28.5 Å². The van der Waals surface area contributed by atoms with Crippen LogP contribution in [-0.2, 0) is 11.2 Å². The lowest BCUT2D eigenvalue weighted by atomic mass is 10.0. The maximum absolute atomic E-state index is 11.5. The number of unbranched alkanes of at least 4 members (excludes halogenated alkanes) is 1. The van der Waals surface area contributed by atoms with Gasteiger partial charge >= 0.3 is 5.97 Å². The van der Waals surface area contributed by atoms with E-state index in [9.17, 15) is 4.79 Å². The van der Waals surface area contributed by atoms with Gasteiger partial charge in [0.1, 0.15) is 5.75 Å². The summed E-state index contributed by atoms with van der Waals surface area (Å²) in [4.78, 5) is 12.7. The molecule has 2 rings (SSSR count). The third-order valence-corrected chi connectivity index (χ3v) is 4.32. The van der Waals surface area contributed by atoms with Gasteiger partial charge in [0.25, 0.3) is 0 Å². The molecule has 2 nitrogen and oxygen atoms in total. The molecule has 0 aliphatic carbocycles. The second kappa shape index (κ2) is 7.51. The fraction of sp³-hybridized carbons (Fsp3) is 0.389. The number of carbonyl (C=O) groups is 1. The number of esters is 1. The van der Waals surface area contributed by atoms with Crippen molar-refractivity contribution < 1.29 is 9.53 Å². The predicted octanol–water partition coefficient (Wildman–Crippen LogP) is 5.22. The van der Waals surface area contributed by atoms with E-state index in [4.69, 9.17) is 4.74 Å². The van der Waals surface area contributed by atoms with Gasteiger partial charge in [-0.05, 0) is 35.6 Å². The number of rotatable bonds is 6. The molecule has 0 unspecified atom stereocenters. The molecule has 2 aromatic carbocycles. The third kappa shape index (κ3) is 3.79. The molecular formula is C18H22O2S. The van der Waals surface area contributed by atoms with Crippen LogP contribution in [0.5, 0.6) is 5.75 Å². The number of hydrogen-bond acceptors (Lipinski definition) is 3. The van der Waals surface area contributed by atoms with Crippen molar-refractivity contribution in [1.29, 1.82) is 0 Å². The topological polar surface area (TPSA) is 26.3 Å². The summed E-state index contributed by atoms with van der Waals surface area (Å²) in [6.07, 6.45) is 3.17. The quantitative estimate of drug-likeness (QED) is 0.416. The van der Waals surface area contributed by atoms with Crippen molar-refractivity contribution in [3.8, 4) is 5.75 Å². The van der Waals surface area contributed by atoms with E-state index in [-0.39, 0.29) is 5.97 Å². The van der Waals surface area contributed by atoms with Gasteiger partial charge in [-0.1, -0.05) is 44.5 Å². The number of aryl methyl sites for hydroxylation is 1. The first-order valence-electron chi connectivity index (χ1n) is 7.53. The minimum Gasteiger partial charge on any atom is -0.426 e. The molecule has 112 valence electrons. The van der Waals surface area contributed by atoms with Gasteiger partial charge in [0, 0.05) is 17.2 Å². The number of carbonyl (C=O) groups excluding carboxylic acids is 1. The lowest BCUT2D eigenvalue weighted by Crippen LogP contribution is -2.05. The first-order chi connectivity index (χ1) is 10.2. The van der Waals surface area contributed by atoms with Gasteiger partial charge in [-0.25, -0.2) is 0 Å². The van der Waals surface area contributed by atoms with E-state index in [1.807, 2.05) is 30.0 Å². The lowest BCUT2D eigenvalue weighted by Gasteiger charge is -2.15. The van der Waals surface area contributed by atoms with Crippen LogP contribution in [0.3, 0.4) is 0 Å². The zero-order chi connectivity index (χ0) is 15.2. The minimum atomic E-state index is -0.256. The number of fused-ring (bicyclic) bond motifs is 1. The molecule has 0 saturated carbocycles. The highest BCUT2D eigenvalue weighted by Crippen LogP contribution is 2.38. The second-order valence-corrected chi connectivity index (χ2v) is 6.34. The van der Waals surface area contributed by atoms with Crippen molar-refractivity contribution in [2.75, 3.05) is 5.75 Å². The molecule has 3 heteroatoms. The highest BCUT2D eigenvalue weighted by Gasteiger charge is 2.14. The first kappa shape index (κ1) is 15.9. The SMILES string of the molecule is CCCCc1cc(SCC)c2ccccc2c1OC(C)=O. The zero-order valence-electron chi connectivity index (χ0n) is 12.9. The van der Waals surface area contributed by atoms with Crippen LogP contribution in [0.25, 0.3) is 10.8 Å². The van der Waals surface area contributed by atoms with Crippen molar-refractivity contribution in [2.45, 2.75) is 44.9 Å². The monoisotopic (exact) mass is 302 g/mol. The maximum Gasteiger partial charge on any atom is 0.308 e. The van der Waals surface area contributed by atoms with Gasteiger partial charge in [-0.3, -0.25) is 4.79 Å². The molecule has 0 aliphatic rings. The molecule has 2 aromatic rings. The molecule has 0 N–H and O–H groups in total. The summed E-state index contributed by atoms with van der Waals surface area (Å²) < 4.78 is 5.54. The number of ether oxygens (including phenoxy) is 1. The van der Waals surface area contributed by atoms with Crippen LogP contribution in [0.1, 0.15) is 39.2 Å². The molecule has 0 spiro atoms. The summed E-state index contributed by atoms with van der Waals surface area (Å²) in [5, 5.41) is 2.21. The fourth-order valence-electron chi connectivity index (χ4n) is 2.46. The Labute approximate surface area is 130 Å². The van der Waals surface area contributed by atoms with Gasteiger partial charge in [0.2, 0.25) is 0 Å². The number of hydrogen-bond donors (Lipinski definition) is 0. The van der Waals surface area contributed by atoms with Crippen LogP contribution in [-0.4, -0.2) is 11.7 Å². The second-order valence-electron chi connectivity index (χ2n) is 5.04. The number of benzene rings is 2. The van der Waals surface area contributed by atoms with E-state index in [0.717, 1.165) is 41.7 Å². The Morgan fingerprint density at radius 1 is 1.19 bits per heavy atom. The van der Waals surface area contributed by atoms with E-state index in [2.05, 4.69) is 26.0 Å². The van der Waals surface area contributed by atoms with Gasteiger partial charge in [0.15, 0.2) is 0 Å². The summed E-state index contributed by atoms with van der Waals surface area (Å²) in [6, 6.07) is 10.4. The largest absolute Gasteiger partial charge is 0.426 e. The summed E-state index contributed by atoms with van der Waals surface area (Å²) >= 11 is 1.84. The molecule has 0 radical (unpaired) electrons. The zero-order valence-corrected chi connectivity index (χ0v) is 13.8. The van der Waals surface area contributed by atoms with Gasteiger partial charge in [-0.15, -0.1) is 11.8 Å². The average molecular weight is 302 g/mol. The minimum absolute atomic E-state index is 0.256. The van der Waals surface area contributed by atoms with E-state index in [1.165, 1.54) is 17.2 Å². The Balaban J connectivity index is 2.62. The molecular weight excluding hydrogens is 280 g/mol. The van der Waals surface area contributed by atoms with Gasteiger partial charge in [-0.2, -0.15) is 0 Å². The Kier molecular flexibility index (Phi) is 5.68. The van der Waals surface area contributed by atoms with Crippen LogP contribution >= 0.6 is 11.8 Å². The molecule has 0 heterocycles.